The van der Waals surface area contributed by atoms with Gasteiger partial charge in [-0.3, -0.25) is 4.79 Å². The minimum atomic E-state index is -1.34. The molecule has 0 saturated carbocycles. The Bertz CT molecular complexity index is 491. The van der Waals surface area contributed by atoms with E-state index in [1.807, 2.05) is 0 Å². The van der Waals surface area contributed by atoms with Gasteiger partial charge in [-0.15, -0.1) is 11.3 Å². The quantitative estimate of drug-likeness (QED) is 0.612. The van der Waals surface area contributed by atoms with Crippen molar-refractivity contribution in [2.24, 2.45) is 5.73 Å². The summed E-state index contributed by atoms with van der Waals surface area (Å²) in [5.41, 5.74) is 4.89. The van der Waals surface area contributed by atoms with E-state index in [1.54, 1.807) is 12.1 Å². The second-order valence-electron chi connectivity index (χ2n) is 3.59. The Morgan fingerprint density at radius 3 is 2.58 bits per heavy atom. The highest BCUT2D eigenvalue weighted by Gasteiger charge is 2.21. The van der Waals surface area contributed by atoms with E-state index in [1.165, 1.54) is 11.3 Å². The van der Waals surface area contributed by atoms with Crippen molar-refractivity contribution in [3.8, 4) is 0 Å². The van der Waals surface area contributed by atoms with Crippen LogP contribution in [0.4, 0.5) is 4.79 Å². The third-order valence-electron chi connectivity index (χ3n) is 2.06. The van der Waals surface area contributed by atoms with Gasteiger partial charge in [-0.1, -0.05) is 11.6 Å². The molecule has 0 aliphatic carbocycles. The second-order valence-corrected chi connectivity index (χ2v) is 5.39. The Kier molecular flexibility index (Phi) is 5.58. The van der Waals surface area contributed by atoms with Gasteiger partial charge < -0.3 is 21.5 Å². The average Bonchev–Trinajstić information content (AvgIpc) is 2.71. The number of hydrogen-bond donors (Lipinski definition) is 4. The van der Waals surface area contributed by atoms with Crippen molar-refractivity contribution >= 4 is 40.8 Å². The number of rotatable bonds is 6. The molecule has 0 radical (unpaired) electrons. The first-order valence-corrected chi connectivity index (χ1v) is 6.37. The first kappa shape index (κ1) is 15.3. The van der Waals surface area contributed by atoms with Gasteiger partial charge in [0.2, 0.25) is 5.91 Å². The zero-order chi connectivity index (χ0) is 14.4. The summed E-state index contributed by atoms with van der Waals surface area (Å²) in [6.45, 7) is 0.214. The van der Waals surface area contributed by atoms with Crippen LogP contribution in [0.2, 0.25) is 4.34 Å². The number of carbonyl (C=O) groups is 3. The summed E-state index contributed by atoms with van der Waals surface area (Å²) < 4.78 is 0.592. The van der Waals surface area contributed by atoms with Gasteiger partial charge in [0.25, 0.3) is 0 Å². The van der Waals surface area contributed by atoms with Crippen molar-refractivity contribution < 1.29 is 19.5 Å². The summed E-state index contributed by atoms with van der Waals surface area (Å²) in [6, 6.07) is 1.39. The summed E-state index contributed by atoms with van der Waals surface area (Å²) in [5, 5.41) is 13.4. The van der Waals surface area contributed by atoms with Crippen LogP contribution in [0, 0.1) is 0 Å². The molecule has 1 unspecified atom stereocenters. The predicted molar refractivity (Wildman–Crippen MR) is 69.9 cm³/mol. The van der Waals surface area contributed by atoms with Crippen LogP contribution in [0.25, 0.3) is 0 Å². The molecule has 1 aromatic heterocycles. The highest BCUT2D eigenvalue weighted by molar-refractivity contribution is 7.16. The fourth-order valence-corrected chi connectivity index (χ4v) is 2.25. The second kappa shape index (κ2) is 6.95. The number of thiophene rings is 1. The largest absolute Gasteiger partial charge is 0.480 e. The van der Waals surface area contributed by atoms with Crippen LogP contribution in [0.3, 0.4) is 0 Å². The van der Waals surface area contributed by atoms with E-state index in [4.69, 9.17) is 22.4 Å². The van der Waals surface area contributed by atoms with Crippen LogP contribution in [0.15, 0.2) is 12.1 Å². The Morgan fingerprint density at radius 1 is 1.42 bits per heavy atom. The van der Waals surface area contributed by atoms with E-state index in [9.17, 15) is 14.4 Å². The average molecular weight is 306 g/mol. The fourth-order valence-electron chi connectivity index (χ4n) is 1.22. The van der Waals surface area contributed by atoms with Crippen molar-refractivity contribution in [1.29, 1.82) is 0 Å². The van der Waals surface area contributed by atoms with Gasteiger partial charge >= 0.3 is 12.0 Å². The highest BCUT2D eigenvalue weighted by atomic mass is 35.5. The minimum Gasteiger partial charge on any atom is -0.480 e. The number of carboxylic acids is 1. The number of halogens is 1. The zero-order valence-electron chi connectivity index (χ0n) is 9.68. The Labute approximate surface area is 117 Å². The van der Waals surface area contributed by atoms with E-state index in [2.05, 4.69) is 10.6 Å². The van der Waals surface area contributed by atoms with Crippen LogP contribution in [0.5, 0.6) is 0 Å². The topological polar surface area (TPSA) is 122 Å². The Morgan fingerprint density at radius 2 is 2.11 bits per heavy atom. The third kappa shape index (κ3) is 5.58. The molecule has 0 aliphatic rings. The van der Waals surface area contributed by atoms with Crippen molar-refractivity contribution in [3.63, 3.8) is 0 Å². The summed E-state index contributed by atoms with van der Waals surface area (Å²) in [6.07, 6.45) is -0.465. The van der Waals surface area contributed by atoms with E-state index in [-0.39, 0.29) is 6.54 Å². The van der Waals surface area contributed by atoms with Gasteiger partial charge in [0.05, 0.1) is 17.3 Å². The van der Waals surface area contributed by atoms with Crippen molar-refractivity contribution in [2.75, 3.05) is 0 Å². The van der Waals surface area contributed by atoms with Crippen molar-refractivity contribution in [3.05, 3.63) is 21.3 Å². The maximum absolute atomic E-state index is 11.5. The summed E-state index contributed by atoms with van der Waals surface area (Å²) >= 11 is 7.02. The van der Waals surface area contributed by atoms with E-state index >= 15 is 0 Å². The lowest BCUT2D eigenvalue weighted by atomic mass is 10.2. The molecule has 104 valence electrons. The number of aliphatic carboxylic acids is 1. The molecule has 3 amide bonds. The molecular formula is C10H12ClN3O4S. The van der Waals surface area contributed by atoms with E-state index < -0.39 is 30.4 Å². The number of nitrogens with two attached hydrogens (primary N) is 1. The molecule has 0 bridgehead atoms. The maximum Gasteiger partial charge on any atom is 0.326 e. The number of urea groups is 1. The SMILES string of the molecule is NC(=O)CC(NC(=O)NCc1ccc(Cl)s1)C(=O)O. The number of hydrogen-bond acceptors (Lipinski definition) is 4. The van der Waals surface area contributed by atoms with Crippen molar-refractivity contribution in [1.82, 2.24) is 10.6 Å². The first-order chi connectivity index (χ1) is 8.88. The van der Waals surface area contributed by atoms with Crippen LogP contribution >= 0.6 is 22.9 Å². The van der Waals surface area contributed by atoms with E-state index in [0.717, 1.165) is 4.88 Å². The van der Waals surface area contributed by atoms with Crippen LogP contribution in [-0.4, -0.2) is 29.1 Å². The molecule has 0 aliphatic heterocycles. The van der Waals surface area contributed by atoms with Crippen LogP contribution < -0.4 is 16.4 Å². The van der Waals surface area contributed by atoms with Crippen molar-refractivity contribution in [2.45, 2.75) is 19.0 Å². The summed E-state index contributed by atoms with van der Waals surface area (Å²) in [7, 11) is 0. The fraction of sp³-hybridized carbons (Fsp3) is 0.300. The summed E-state index contributed by atoms with van der Waals surface area (Å²) in [4.78, 5) is 33.7. The molecule has 1 aromatic rings. The Hall–Kier alpha value is -1.80. The van der Waals surface area contributed by atoms with Gasteiger partial charge in [-0.2, -0.15) is 0 Å². The third-order valence-corrected chi connectivity index (χ3v) is 3.29. The molecule has 5 N–H and O–H groups in total. The smallest absolute Gasteiger partial charge is 0.326 e. The van der Waals surface area contributed by atoms with Gasteiger partial charge in [0.15, 0.2) is 0 Å². The molecule has 0 spiro atoms. The zero-order valence-corrected chi connectivity index (χ0v) is 11.3. The maximum atomic E-state index is 11.5. The van der Waals surface area contributed by atoms with Gasteiger partial charge in [0, 0.05) is 4.88 Å². The molecule has 1 heterocycles. The molecule has 19 heavy (non-hydrogen) atoms. The molecule has 1 rings (SSSR count). The molecule has 0 saturated heterocycles. The molecule has 7 nitrogen and oxygen atoms in total. The standard InChI is InChI=1S/C10H12ClN3O4S/c11-7-2-1-5(19-7)4-13-10(18)14-6(9(16)17)3-8(12)15/h1-2,6H,3-4H2,(H2,12,15)(H,16,17)(H2,13,14,18). The number of primary amides is 1. The normalized spacial score (nSPS) is 11.6. The van der Waals surface area contributed by atoms with E-state index in [0.29, 0.717) is 4.34 Å². The number of amides is 3. The Balaban J connectivity index is 2.44. The number of nitrogens with one attached hydrogen (secondary N) is 2. The lowest BCUT2D eigenvalue weighted by molar-refractivity contribution is -0.140. The lowest BCUT2D eigenvalue weighted by Crippen LogP contribution is -2.47. The molecule has 0 aromatic carbocycles. The summed E-state index contributed by atoms with van der Waals surface area (Å²) in [5.74, 6) is -2.13. The molecule has 0 fully saturated rings. The first-order valence-electron chi connectivity index (χ1n) is 5.18. The van der Waals surface area contributed by atoms with Gasteiger partial charge in [-0.25, -0.2) is 9.59 Å². The van der Waals surface area contributed by atoms with Crippen LogP contribution in [-0.2, 0) is 16.1 Å². The predicted octanol–water partition coefficient (Wildman–Crippen LogP) is 0.529. The number of carboxylic acid groups (broad SMARTS) is 1. The lowest BCUT2D eigenvalue weighted by Gasteiger charge is -2.13. The highest BCUT2D eigenvalue weighted by Crippen LogP contribution is 2.20. The minimum absolute atomic E-state index is 0.214. The molecule has 9 heteroatoms. The number of carbonyl (C=O) groups excluding carboxylic acids is 2. The molecular weight excluding hydrogens is 294 g/mol. The molecule has 1 atom stereocenters. The monoisotopic (exact) mass is 305 g/mol. The van der Waals surface area contributed by atoms with Gasteiger partial charge in [-0.05, 0) is 12.1 Å². The van der Waals surface area contributed by atoms with Crippen LogP contribution in [0.1, 0.15) is 11.3 Å². The van der Waals surface area contributed by atoms with Gasteiger partial charge in [0.1, 0.15) is 6.04 Å².